The topological polar surface area (TPSA) is 87.2 Å². The number of nitrogens with zero attached hydrogens (tertiary/aromatic N) is 3. The number of hydrogen-bond acceptors (Lipinski definition) is 7. The third-order valence-corrected chi connectivity index (χ3v) is 12.8. The number of ether oxygens (including phenoxy) is 2. The number of carboxylic acids is 1. The third kappa shape index (κ3) is 7.74. The van der Waals surface area contributed by atoms with Gasteiger partial charge in [-0.2, -0.15) is 0 Å². The Hall–Kier alpha value is -3.33. The molecule has 7 rings (SSSR count). The number of pyridine rings is 1. The number of aliphatic carboxylic acids is 1. The Morgan fingerprint density at radius 1 is 1.08 bits per heavy atom. The molecule has 51 heavy (non-hydrogen) atoms. The van der Waals surface area contributed by atoms with Crippen LogP contribution in [-0.4, -0.2) is 84.4 Å². The lowest BCUT2D eigenvalue weighted by molar-refractivity contribution is -0.144. The molecule has 1 saturated carbocycles. The molecule has 8 nitrogen and oxygen atoms in total. The number of anilines is 1. The first-order chi connectivity index (χ1) is 24.6. The first-order valence-electron chi connectivity index (χ1n) is 19.2. The van der Waals surface area contributed by atoms with Crippen molar-refractivity contribution in [3.05, 3.63) is 82.1 Å². The lowest BCUT2D eigenvalue weighted by atomic mass is 9.59. The van der Waals surface area contributed by atoms with Crippen molar-refractivity contribution in [1.29, 1.82) is 0 Å². The van der Waals surface area contributed by atoms with Gasteiger partial charge in [0.05, 0.1) is 6.61 Å². The molecule has 2 N–H and O–H groups in total. The number of likely N-dealkylation sites (N-methyl/N-ethyl adjacent to an activating group) is 1. The van der Waals surface area contributed by atoms with Crippen LogP contribution in [0.4, 0.5) is 5.69 Å². The molecule has 2 aromatic carbocycles. The van der Waals surface area contributed by atoms with E-state index in [4.69, 9.17) is 21.1 Å². The quantitative estimate of drug-likeness (QED) is 0.196. The van der Waals surface area contributed by atoms with Crippen LogP contribution in [-0.2, 0) is 23.1 Å². The fourth-order valence-corrected chi connectivity index (χ4v) is 9.72. The van der Waals surface area contributed by atoms with E-state index in [-0.39, 0.29) is 5.41 Å². The van der Waals surface area contributed by atoms with Crippen LogP contribution in [0.5, 0.6) is 11.5 Å². The summed E-state index contributed by atoms with van der Waals surface area (Å²) in [5.74, 6) is 2.30. The van der Waals surface area contributed by atoms with Crippen molar-refractivity contribution in [3.63, 3.8) is 0 Å². The Morgan fingerprint density at radius 3 is 2.65 bits per heavy atom. The summed E-state index contributed by atoms with van der Waals surface area (Å²) < 4.78 is 13.0. The van der Waals surface area contributed by atoms with E-state index in [1.165, 1.54) is 35.2 Å². The number of nitrogens with one attached hydrogen (secondary N) is 1. The van der Waals surface area contributed by atoms with Gasteiger partial charge in [-0.1, -0.05) is 37.6 Å². The van der Waals surface area contributed by atoms with Crippen LogP contribution in [0.25, 0.3) is 0 Å². The molecule has 1 aliphatic heterocycles. The molecular weight excluding hydrogens is 660 g/mol. The summed E-state index contributed by atoms with van der Waals surface area (Å²) in [5, 5.41) is 14.7. The van der Waals surface area contributed by atoms with Gasteiger partial charge in [0, 0.05) is 60.9 Å². The standard InChI is InChI=1S/C42H55ClN4O4/c1-29(28-51-38-12-17-44-37-9-4-6-30(2)39(37)38)24-32-25-31-10-11-35(50-23-22-47-20-18-46(3)19-21-47)27-36(31)41(32)13-15-42(16-14-41,40(48)49)45-34-8-5-7-33(43)26-34/h5,7-8,10-12,17,26-27,29-30,32,45H,4,6,9,13-16,18-25,28H2,1-3H3,(H,48,49)/t29-,30-,32?,41?,42?/m1/s1. The highest BCUT2D eigenvalue weighted by molar-refractivity contribution is 6.30. The van der Waals surface area contributed by atoms with Gasteiger partial charge in [0.2, 0.25) is 0 Å². The Morgan fingerprint density at radius 2 is 1.88 bits per heavy atom. The van der Waals surface area contributed by atoms with Gasteiger partial charge < -0.3 is 24.8 Å². The first kappa shape index (κ1) is 36.0. The van der Waals surface area contributed by atoms with Crippen molar-refractivity contribution in [2.45, 2.75) is 88.5 Å². The van der Waals surface area contributed by atoms with Gasteiger partial charge in [-0.05, 0) is 136 Å². The molecule has 1 aromatic heterocycles. The van der Waals surface area contributed by atoms with Gasteiger partial charge >= 0.3 is 5.97 Å². The Bertz CT molecular complexity index is 1680. The van der Waals surface area contributed by atoms with Gasteiger partial charge in [0.25, 0.3) is 0 Å². The molecular formula is C42H55ClN4O4. The number of aryl methyl sites for hydroxylation is 1. The maximum atomic E-state index is 13.0. The van der Waals surface area contributed by atoms with Gasteiger partial charge in [-0.25, -0.2) is 4.79 Å². The molecule has 1 unspecified atom stereocenters. The highest BCUT2D eigenvalue weighted by Gasteiger charge is 2.54. The minimum atomic E-state index is -1.05. The lowest BCUT2D eigenvalue weighted by Gasteiger charge is -2.47. The molecule has 1 spiro atoms. The first-order valence-corrected chi connectivity index (χ1v) is 19.6. The van der Waals surface area contributed by atoms with Crippen molar-refractivity contribution in [1.82, 2.24) is 14.8 Å². The molecule has 2 fully saturated rings. The fraction of sp³-hybridized carbons (Fsp3) is 0.571. The zero-order valence-corrected chi connectivity index (χ0v) is 31.4. The average molecular weight is 715 g/mol. The van der Waals surface area contributed by atoms with E-state index in [1.54, 1.807) is 0 Å². The number of benzene rings is 2. The minimum absolute atomic E-state index is 0.125. The summed E-state index contributed by atoms with van der Waals surface area (Å²) in [6.07, 6.45) is 9.95. The molecule has 3 aromatic rings. The van der Waals surface area contributed by atoms with Crippen LogP contribution < -0.4 is 14.8 Å². The van der Waals surface area contributed by atoms with Crippen molar-refractivity contribution in [2.24, 2.45) is 11.8 Å². The molecule has 9 heteroatoms. The molecule has 274 valence electrons. The molecule has 4 aliphatic rings. The number of aromatic nitrogens is 1. The summed E-state index contributed by atoms with van der Waals surface area (Å²) >= 11 is 6.30. The van der Waals surface area contributed by atoms with Crippen LogP contribution in [0.3, 0.4) is 0 Å². The summed E-state index contributed by atoms with van der Waals surface area (Å²) in [6, 6.07) is 16.2. The molecule has 2 heterocycles. The number of carboxylic acid groups (broad SMARTS) is 1. The molecule has 0 radical (unpaired) electrons. The molecule has 3 aliphatic carbocycles. The predicted octanol–water partition coefficient (Wildman–Crippen LogP) is 7.83. The van der Waals surface area contributed by atoms with Gasteiger partial charge in [0.15, 0.2) is 0 Å². The number of carbonyl (C=O) groups is 1. The number of halogens is 1. The third-order valence-electron chi connectivity index (χ3n) is 12.5. The summed E-state index contributed by atoms with van der Waals surface area (Å²) in [6.45, 7) is 11.2. The summed E-state index contributed by atoms with van der Waals surface area (Å²) in [7, 11) is 2.18. The van der Waals surface area contributed by atoms with E-state index in [0.29, 0.717) is 48.8 Å². The highest BCUT2D eigenvalue weighted by Crippen LogP contribution is 2.56. The number of fused-ring (bicyclic) bond motifs is 3. The minimum Gasteiger partial charge on any atom is -0.493 e. The van der Waals surface area contributed by atoms with E-state index >= 15 is 0 Å². The second kappa shape index (κ2) is 15.3. The van der Waals surface area contributed by atoms with E-state index in [2.05, 4.69) is 59.2 Å². The van der Waals surface area contributed by atoms with Gasteiger partial charge in [-0.3, -0.25) is 9.88 Å². The van der Waals surface area contributed by atoms with Crippen molar-refractivity contribution in [2.75, 3.05) is 58.3 Å². The maximum Gasteiger partial charge on any atom is 0.329 e. The Labute approximate surface area is 308 Å². The normalized spacial score (nSPS) is 27.1. The number of piperazine rings is 1. The molecule has 0 bridgehead atoms. The average Bonchev–Trinajstić information content (AvgIpc) is 3.40. The largest absolute Gasteiger partial charge is 0.493 e. The fourth-order valence-electron chi connectivity index (χ4n) is 9.53. The van der Waals surface area contributed by atoms with Gasteiger partial charge in [0.1, 0.15) is 23.6 Å². The Kier molecular flexibility index (Phi) is 10.8. The van der Waals surface area contributed by atoms with Crippen LogP contribution in [0.15, 0.2) is 54.7 Å². The predicted molar refractivity (Wildman–Crippen MR) is 204 cm³/mol. The van der Waals surface area contributed by atoms with E-state index in [1.807, 2.05) is 36.5 Å². The smallest absolute Gasteiger partial charge is 0.329 e. The number of rotatable bonds is 12. The molecule has 3 atom stereocenters. The molecule has 1 saturated heterocycles. The van der Waals surface area contributed by atoms with Crippen LogP contribution in [0.1, 0.15) is 87.1 Å². The van der Waals surface area contributed by atoms with Crippen LogP contribution >= 0.6 is 11.6 Å². The molecule has 0 amide bonds. The van der Waals surface area contributed by atoms with E-state index in [9.17, 15) is 9.90 Å². The maximum absolute atomic E-state index is 13.0. The van der Waals surface area contributed by atoms with Crippen molar-refractivity contribution in [3.8, 4) is 11.5 Å². The summed E-state index contributed by atoms with van der Waals surface area (Å²) in [5.41, 5.74) is 4.80. The van der Waals surface area contributed by atoms with Crippen LogP contribution in [0.2, 0.25) is 5.02 Å². The summed E-state index contributed by atoms with van der Waals surface area (Å²) in [4.78, 5) is 22.5. The van der Waals surface area contributed by atoms with E-state index < -0.39 is 11.5 Å². The van der Waals surface area contributed by atoms with Crippen LogP contribution in [0, 0.1) is 11.8 Å². The Balaban J connectivity index is 1.09. The zero-order chi connectivity index (χ0) is 35.6. The second-order valence-electron chi connectivity index (χ2n) is 16.0. The van der Waals surface area contributed by atoms with Crippen molar-refractivity contribution >= 4 is 23.3 Å². The monoisotopic (exact) mass is 714 g/mol. The van der Waals surface area contributed by atoms with Crippen molar-refractivity contribution < 1.29 is 19.4 Å². The SMILES string of the molecule is C[C@@H](COc1ccnc2c1[C@H](C)CCC2)CC1Cc2ccc(OCCN3CCN(C)CC3)cc2C12CCC(Nc1cccc(Cl)c1)(C(=O)O)CC2. The highest BCUT2D eigenvalue weighted by atomic mass is 35.5. The number of hydrogen-bond donors (Lipinski definition) is 2. The zero-order valence-electron chi connectivity index (χ0n) is 30.6. The van der Waals surface area contributed by atoms with Gasteiger partial charge in [-0.15, -0.1) is 0 Å². The van der Waals surface area contributed by atoms with E-state index in [0.717, 1.165) is 82.0 Å². The lowest BCUT2D eigenvalue weighted by Crippen LogP contribution is -2.53. The second-order valence-corrected chi connectivity index (χ2v) is 16.4.